The van der Waals surface area contributed by atoms with Crippen LogP contribution in [-0.4, -0.2) is 30.8 Å². The summed E-state index contributed by atoms with van der Waals surface area (Å²) in [5.74, 6) is -1.71. The van der Waals surface area contributed by atoms with Crippen LogP contribution in [0.4, 0.5) is 5.69 Å². The summed E-state index contributed by atoms with van der Waals surface area (Å²) in [6.07, 6.45) is 0. The number of amides is 1. The Labute approximate surface area is 160 Å². The second-order valence-corrected chi connectivity index (χ2v) is 8.90. The van der Waals surface area contributed by atoms with Crippen LogP contribution in [-0.2, 0) is 14.6 Å². The highest BCUT2D eigenvalue weighted by atomic mass is 35.5. The van der Waals surface area contributed by atoms with E-state index in [2.05, 4.69) is 5.32 Å². The van der Waals surface area contributed by atoms with E-state index in [0.29, 0.717) is 10.7 Å². The van der Waals surface area contributed by atoms with Gasteiger partial charge < -0.3 is 10.4 Å². The fraction of sp³-hybridized carbons (Fsp3) is 0.188. The maximum atomic E-state index is 12.5. The molecule has 2 N–H and O–H groups in total. The fourth-order valence-corrected chi connectivity index (χ4v) is 4.46. The molecule has 1 amide bonds. The van der Waals surface area contributed by atoms with Gasteiger partial charge in [-0.05, 0) is 49.4 Å². The number of hydrogen-bond donors (Lipinski definition) is 2. The summed E-state index contributed by atoms with van der Waals surface area (Å²) in [4.78, 5) is 12.1. The van der Waals surface area contributed by atoms with Gasteiger partial charge in [-0.2, -0.15) is 0 Å². The van der Waals surface area contributed by atoms with Gasteiger partial charge in [0.25, 0.3) is 5.91 Å². The normalized spacial score (nSPS) is 14.0. The summed E-state index contributed by atoms with van der Waals surface area (Å²) in [5.41, 5.74) is -1.80. The molecular weight excluding hydrogens is 409 g/mol. The van der Waals surface area contributed by atoms with Crippen molar-refractivity contribution in [2.75, 3.05) is 11.1 Å². The Morgan fingerprint density at radius 3 is 2.08 bits per heavy atom. The Kier molecular flexibility index (Phi) is 6.01. The van der Waals surface area contributed by atoms with Gasteiger partial charge in [0.2, 0.25) is 0 Å². The Morgan fingerprint density at radius 2 is 1.56 bits per heavy atom. The lowest BCUT2D eigenvalue weighted by atomic mass is 10.1. The third-order valence-electron chi connectivity index (χ3n) is 3.26. The van der Waals surface area contributed by atoms with Crippen LogP contribution >= 0.6 is 34.8 Å². The molecule has 0 aliphatic carbocycles. The van der Waals surface area contributed by atoms with Crippen molar-refractivity contribution in [2.24, 2.45) is 0 Å². The first-order valence-electron chi connectivity index (χ1n) is 6.98. The number of benzene rings is 2. The van der Waals surface area contributed by atoms with Crippen LogP contribution < -0.4 is 5.32 Å². The van der Waals surface area contributed by atoms with E-state index in [1.54, 1.807) is 12.1 Å². The van der Waals surface area contributed by atoms with Gasteiger partial charge in [0.1, 0.15) is 0 Å². The molecule has 2 rings (SSSR count). The first-order valence-corrected chi connectivity index (χ1v) is 9.76. The first-order chi connectivity index (χ1) is 11.5. The summed E-state index contributed by atoms with van der Waals surface area (Å²) < 4.78 is 25.0. The number of sulfone groups is 1. The minimum absolute atomic E-state index is 0.135. The minimum atomic E-state index is -4.01. The highest BCUT2D eigenvalue weighted by Crippen LogP contribution is 2.25. The lowest BCUT2D eigenvalue weighted by molar-refractivity contribution is -0.130. The highest BCUT2D eigenvalue weighted by molar-refractivity contribution is 7.91. The van der Waals surface area contributed by atoms with Crippen molar-refractivity contribution in [3.05, 3.63) is 57.5 Å². The molecule has 0 aliphatic rings. The standard InChI is InChI=1S/C16H14Cl3NO4S/c1-16(22,15(21)20-13-4-2-10(17)3-5-13)9-25(23,24)14-7-11(18)6-12(19)8-14/h2-8,22H,9H2,1H3,(H,20,21)/t16-/m0/s1. The Morgan fingerprint density at radius 1 is 1.04 bits per heavy atom. The number of rotatable bonds is 5. The zero-order valence-electron chi connectivity index (χ0n) is 13.0. The summed E-state index contributed by atoms with van der Waals surface area (Å²) in [6, 6.07) is 9.95. The largest absolute Gasteiger partial charge is 0.379 e. The van der Waals surface area contributed by atoms with Crippen LogP contribution in [0.5, 0.6) is 0 Å². The predicted octanol–water partition coefficient (Wildman–Crippen LogP) is 3.81. The number of anilines is 1. The SMILES string of the molecule is C[C@](O)(CS(=O)(=O)c1cc(Cl)cc(Cl)c1)C(=O)Nc1ccc(Cl)cc1. The maximum Gasteiger partial charge on any atom is 0.257 e. The van der Waals surface area contributed by atoms with E-state index < -0.39 is 27.1 Å². The Hall–Kier alpha value is -1.31. The van der Waals surface area contributed by atoms with E-state index in [1.807, 2.05) is 0 Å². The van der Waals surface area contributed by atoms with Gasteiger partial charge in [0.05, 0.1) is 10.6 Å². The van der Waals surface area contributed by atoms with Crippen molar-refractivity contribution >= 4 is 56.2 Å². The molecule has 0 saturated carbocycles. The molecule has 0 fully saturated rings. The average molecular weight is 423 g/mol. The van der Waals surface area contributed by atoms with E-state index in [4.69, 9.17) is 34.8 Å². The summed E-state index contributed by atoms with van der Waals surface area (Å²) in [7, 11) is -4.01. The van der Waals surface area contributed by atoms with Crippen LogP contribution in [0.1, 0.15) is 6.92 Å². The number of carbonyl (C=O) groups is 1. The summed E-state index contributed by atoms with van der Waals surface area (Å²) in [6.45, 7) is 1.11. The van der Waals surface area contributed by atoms with Crippen LogP contribution in [0.25, 0.3) is 0 Å². The molecule has 9 heteroatoms. The van der Waals surface area contributed by atoms with E-state index in [-0.39, 0.29) is 14.9 Å². The van der Waals surface area contributed by atoms with Crippen molar-refractivity contribution in [3.63, 3.8) is 0 Å². The second kappa shape index (κ2) is 7.51. The topological polar surface area (TPSA) is 83.5 Å². The quantitative estimate of drug-likeness (QED) is 0.767. The van der Waals surface area contributed by atoms with Crippen molar-refractivity contribution in [1.82, 2.24) is 0 Å². The fourth-order valence-electron chi connectivity index (χ4n) is 2.03. The zero-order valence-corrected chi connectivity index (χ0v) is 16.0. The number of halogens is 3. The van der Waals surface area contributed by atoms with E-state index in [9.17, 15) is 18.3 Å². The molecule has 134 valence electrons. The number of nitrogens with one attached hydrogen (secondary N) is 1. The molecule has 0 aromatic heterocycles. The summed E-state index contributed by atoms with van der Waals surface area (Å²) in [5, 5.41) is 13.5. The van der Waals surface area contributed by atoms with Gasteiger partial charge >= 0.3 is 0 Å². The molecule has 0 saturated heterocycles. The monoisotopic (exact) mass is 421 g/mol. The lowest BCUT2D eigenvalue weighted by Gasteiger charge is -2.22. The van der Waals surface area contributed by atoms with Gasteiger partial charge in [-0.25, -0.2) is 8.42 Å². The van der Waals surface area contributed by atoms with E-state index in [0.717, 1.165) is 6.92 Å². The van der Waals surface area contributed by atoms with Crippen molar-refractivity contribution < 1.29 is 18.3 Å². The molecule has 0 aliphatic heterocycles. The molecule has 1 atom stereocenters. The number of carbonyl (C=O) groups excluding carboxylic acids is 1. The predicted molar refractivity (Wildman–Crippen MR) is 99.2 cm³/mol. The molecule has 2 aromatic rings. The third-order valence-corrected chi connectivity index (χ3v) is 5.84. The Bertz CT molecular complexity index is 876. The van der Waals surface area contributed by atoms with Gasteiger partial charge in [-0.1, -0.05) is 34.8 Å². The third kappa shape index (κ3) is 5.33. The number of hydrogen-bond acceptors (Lipinski definition) is 4. The Balaban J connectivity index is 2.20. The molecule has 0 spiro atoms. The molecule has 25 heavy (non-hydrogen) atoms. The summed E-state index contributed by atoms with van der Waals surface area (Å²) >= 11 is 17.4. The molecule has 0 bridgehead atoms. The van der Waals surface area contributed by atoms with Gasteiger partial charge in [0.15, 0.2) is 15.4 Å². The van der Waals surface area contributed by atoms with Gasteiger partial charge in [-0.15, -0.1) is 0 Å². The molecule has 5 nitrogen and oxygen atoms in total. The van der Waals surface area contributed by atoms with Crippen LogP contribution in [0.3, 0.4) is 0 Å². The van der Waals surface area contributed by atoms with Gasteiger partial charge in [0, 0.05) is 20.8 Å². The van der Waals surface area contributed by atoms with Crippen molar-refractivity contribution in [1.29, 1.82) is 0 Å². The molecule has 0 heterocycles. The van der Waals surface area contributed by atoms with Gasteiger partial charge in [-0.3, -0.25) is 4.79 Å². The molecule has 0 unspecified atom stereocenters. The zero-order chi connectivity index (χ0) is 18.8. The van der Waals surface area contributed by atoms with Crippen molar-refractivity contribution in [2.45, 2.75) is 17.4 Å². The first kappa shape index (κ1) is 20.0. The second-order valence-electron chi connectivity index (χ2n) is 5.60. The van der Waals surface area contributed by atoms with Crippen LogP contribution in [0.2, 0.25) is 15.1 Å². The van der Waals surface area contributed by atoms with Crippen LogP contribution in [0, 0.1) is 0 Å². The smallest absolute Gasteiger partial charge is 0.257 e. The maximum absolute atomic E-state index is 12.5. The molecule has 0 radical (unpaired) electrons. The molecular formula is C16H14Cl3NO4S. The van der Waals surface area contributed by atoms with E-state index >= 15 is 0 Å². The average Bonchev–Trinajstić information content (AvgIpc) is 2.47. The molecule has 2 aromatic carbocycles. The highest BCUT2D eigenvalue weighted by Gasteiger charge is 2.37. The lowest BCUT2D eigenvalue weighted by Crippen LogP contribution is -2.45. The van der Waals surface area contributed by atoms with Crippen molar-refractivity contribution in [3.8, 4) is 0 Å². The number of aliphatic hydroxyl groups is 1. The van der Waals surface area contributed by atoms with Crippen LogP contribution in [0.15, 0.2) is 47.4 Å². The van der Waals surface area contributed by atoms with E-state index in [1.165, 1.54) is 30.3 Å². The minimum Gasteiger partial charge on any atom is -0.379 e.